The van der Waals surface area contributed by atoms with Gasteiger partial charge in [-0.25, -0.2) is 0 Å². The van der Waals surface area contributed by atoms with Crippen LogP contribution in [-0.4, -0.2) is 0 Å². The third-order valence-electron chi connectivity index (χ3n) is 7.35. The molecule has 0 N–H and O–H groups in total. The predicted octanol–water partition coefficient (Wildman–Crippen LogP) is 6.71. The maximum absolute atomic E-state index is 12.6. The van der Waals surface area contributed by atoms with E-state index in [1.165, 1.54) is 50.2 Å². The predicted molar refractivity (Wildman–Crippen MR) is 98.7 cm³/mol. The second-order valence-electron chi connectivity index (χ2n) is 8.90. The average molecular weight is 344 g/mol. The van der Waals surface area contributed by atoms with Gasteiger partial charge < -0.3 is 0 Å². The van der Waals surface area contributed by atoms with E-state index in [4.69, 9.17) is 0 Å². The zero-order valence-corrected chi connectivity index (χ0v) is 15.3. The van der Waals surface area contributed by atoms with Crippen molar-refractivity contribution in [2.75, 3.05) is 0 Å². The van der Waals surface area contributed by atoms with Gasteiger partial charge in [0.1, 0.15) is 0 Å². The Balaban J connectivity index is 1.37. The molecule has 0 heterocycles. The molecule has 0 spiro atoms. The monoisotopic (exact) mass is 344 g/mol. The minimum Gasteiger partial charge on any atom is -0.174 e. The molecular weight excluding hydrogens is 314 g/mol. The van der Waals surface area contributed by atoms with Crippen LogP contribution < -0.4 is 0 Å². The van der Waals surface area contributed by atoms with E-state index in [2.05, 4.69) is 25.1 Å². The molecule has 5 atom stereocenters. The zero-order valence-electron chi connectivity index (χ0n) is 15.3. The smallest absolute Gasteiger partial charge is 0.174 e. The molecule has 4 rings (SSSR count). The van der Waals surface area contributed by atoms with E-state index in [1.54, 1.807) is 11.1 Å². The van der Waals surface area contributed by atoms with Gasteiger partial charge in [-0.15, -0.1) is 0 Å². The van der Waals surface area contributed by atoms with Crippen LogP contribution in [0.4, 0.5) is 8.78 Å². The molecule has 0 saturated heterocycles. The van der Waals surface area contributed by atoms with Crippen LogP contribution in [-0.2, 0) is 12.8 Å². The lowest BCUT2D eigenvalue weighted by molar-refractivity contribution is 0.0803. The molecule has 3 aliphatic carbocycles. The largest absolute Gasteiger partial charge is 0.266 e. The topological polar surface area (TPSA) is 0 Å². The SMILES string of the molecule is Cc1ccc2c(c1)CCC(C1CCC3C[C@H](C=C(F)F)CC[C@@H]3C1)C2. The summed E-state index contributed by atoms with van der Waals surface area (Å²) < 4.78 is 25.1. The summed E-state index contributed by atoms with van der Waals surface area (Å²) >= 11 is 0. The zero-order chi connectivity index (χ0) is 17.4. The molecule has 2 saturated carbocycles. The summed E-state index contributed by atoms with van der Waals surface area (Å²) in [6, 6.07) is 6.99. The first kappa shape index (κ1) is 17.2. The fourth-order valence-electron chi connectivity index (χ4n) is 6.03. The molecule has 0 radical (unpaired) electrons. The quantitative estimate of drug-likeness (QED) is 0.559. The van der Waals surface area contributed by atoms with Gasteiger partial charge in [-0.2, -0.15) is 8.78 Å². The second kappa shape index (κ2) is 7.21. The van der Waals surface area contributed by atoms with E-state index in [-0.39, 0.29) is 5.92 Å². The number of hydrogen-bond acceptors (Lipinski definition) is 0. The van der Waals surface area contributed by atoms with Gasteiger partial charge >= 0.3 is 0 Å². The number of fused-ring (bicyclic) bond motifs is 2. The van der Waals surface area contributed by atoms with Gasteiger partial charge in [0.25, 0.3) is 6.08 Å². The van der Waals surface area contributed by atoms with Crippen molar-refractivity contribution in [3.8, 4) is 0 Å². The Bertz CT molecular complexity index is 643. The van der Waals surface area contributed by atoms with E-state index in [9.17, 15) is 8.78 Å². The van der Waals surface area contributed by atoms with E-state index < -0.39 is 6.08 Å². The maximum Gasteiger partial charge on any atom is 0.266 e. The molecular formula is C23H30F2. The lowest BCUT2D eigenvalue weighted by Crippen LogP contribution is -2.34. The summed E-state index contributed by atoms with van der Waals surface area (Å²) in [7, 11) is 0. The lowest BCUT2D eigenvalue weighted by atomic mass is 9.61. The van der Waals surface area contributed by atoms with Crippen LogP contribution in [0.15, 0.2) is 30.4 Å². The summed E-state index contributed by atoms with van der Waals surface area (Å²) in [5, 5.41) is 0. The normalized spacial score (nSPS) is 34.8. The fourth-order valence-corrected chi connectivity index (χ4v) is 6.03. The van der Waals surface area contributed by atoms with Gasteiger partial charge in [0.2, 0.25) is 0 Å². The molecule has 1 aromatic carbocycles. The summed E-state index contributed by atoms with van der Waals surface area (Å²) in [6.07, 6.45) is 10.7. The molecule has 3 unspecified atom stereocenters. The van der Waals surface area contributed by atoms with Crippen LogP contribution in [0, 0.1) is 36.5 Å². The van der Waals surface area contributed by atoms with Gasteiger partial charge in [-0.05, 0) is 112 Å². The number of rotatable bonds is 2. The Morgan fingerprint density at radius 2 is 1.60 bits per heavy atom. The van der Waals surface area contributed by atoms with Crippen molar-refractivity contribution in [3.05, 3.63) is 47.0 Å². The molecule has 25 heavy (non-hydrogen) atoms. The number of allylic oxidation sites excluding steroid dienone is 1. The molecule has 0 bridgehead atoms. The number of hydrogen-bond donors (Lipinski definition) is 0. The molecule has 1 aromatic rings. The molecule has 0 aromatic heterocycles. The minimum atomic E-state index is -1.48. The number of halogens is 2. The van der Waals surface area contributed by atoms with Crippen molar-refractivity contribution in [3.63, 3.8) is 0 Å². The highest BCUT2D eigenvalue weighted by molar-refractivity contribution is 5.33. The van der Waals surface area contributed by atoms with Gasteiger partial charge in [0.05, 0.1) is 0 Å². The lowest BCUT2D eigenvalue weighted by Gasteiger charge is -2.44. The van der Waals surface area contributed by atoms with Crippen LogP contribution in [0.3, 0.4) is 0 Å². The minimum absolute atomic E-state index is 0.132. The van der Waals surface area contributed by atoms with Gasteiger partial charge in [0, 0.05) is 0 Å². The number of benzene rings is 1. The van der Waals surface area contributed by atoms with Crippen LogP contribution in [0.5, 0.6) is 0 Å². The highest BCUT2D eigenvalue weighted by atomic mass is 19.3. The van der Waals surface area contributed by atoms with Gasteiger partial charge in [0.15, 0.2) is 0 Å². The first-order valence-corrected chi connectivity index (χ1v) is 10.2. The summed E-state index contributed by atoms with van der Waals surface area (Å²) in [5.41, 5.74) is 4.54. The Labute approximate surface area is 150 Å². The third kappa shape index (κ3) is 3.83. The molecule has 136 valence electrons. The van der Waals surface area contributed by atoms with Crippen LogP contribution in [0.25, 0.3) is 0 Å². The summed E-state index contributed by atoms with van der Waals surface area (Å²) in [6.45, 7) is 2.19. The first-order chi connectivity index (χ1) is 12.1. The second-order valence-corrected chi connectivity index (χ2v) is 8.90. The van der Waals surface area contributed by atoms with Crippen molar-refractivity contribution in [2.45, 2.75) is 64.7 Å². The average Bonchev–Trinajstić information content (AvgIpc) is 2.60. The first-order valence-electron chi connectivity index (χ1n) is 10.2. The van der Waals surface area contributed by atoms with Crippen molar-refractivity contribution >= 4 is 0 Å². The maximum atomic E-state index is 12.6. The molecule has 2 heteroatoms. The molecule has 3 aliphatic rings. The van der Waals surface area contributed by atoms with Crippen molar-refractivity contribution in [1.82, 2.24) is 0 Å². The Kier molecular flexibility index (Phi) is 4.97. The Morgan fingerprint density at radius 1 is 0.880 bits per heavy atom. The third-order valence-corrected chi connectivity index (χ3v) is 7.35. The molecule has 0 nitrogen and oxygen atoms in total. The van der Waals surface area contributed by atoms with Crippen LogP contribution in [0.2, 0.25) is 0 Å². The van der Waals surface area contributed by atoms with E-state index >= 15 is 0 Å². The van der Waals surface area contributed by atoms with Crippen LogP contribution >= 0.6 is 0 Å². The highest BCUT2D eigenvalue weighted by Gasteiger charge is 2.38. The Hall–Kier alpha value is -1.18. The van der Waals surface area contributed by atoms with Crippen LogP contribution in [0.1, 0.15) is 61.6 Å². The van der Waals surface area contributed by atoms with Crippen molar-refractivity contribution in [2.24, 2.45) is 29.6 Å². The van der Waals surface area contributed by atoms with E-state index in [1.807, 2.05) is 0 Å². The van der Waals surface area contributed by atoms with Crippen molar-refractivity contribution < 1.29 is 8.78 Å². The summed E-state index contributed by atoms with van der Waals surface area (Å²) in [5.74, 6) is 3.33. The standard InChI is InChI=1S/C23H30F2/c1-15-2-4-19-13-21(8-6-17(19)10-15)22-9-7-18-11-16(12-23(24)25)3-5-20(18)14-22/h2,4,10,12,16,18,20-22H,3,5-9,11,13-14H2,1H3/t16-,18?,20-,21?,22?/m1/s1. The number of aryl methyl sites for hydroxylation is 2. The highest BCUT2D eigenvalue weighted by Crippen LogP contribution is 2.48. The van der Waals surface area contributed by atoms with Gasteiger partial charge in [-0.1, -0.05) is 23.8 Å². The Morgan fingerprint density at radius 3 is 2.40 bits per heavy atom. The molecule has 0 amide bonds. The van der Waals surface area contributed by atoms with Crippen molar-refractivity contribution in [1.29, 1.82) is 0 Å². The molecule has 0 aliphatic heterocycles. The molecule has 2 fully saturated rings. The fraction of sp³-hybridized carbons (Fsp3) is 0.652. The van der Waals surface area contributed by atoms with E-state index in [0.29, 0.717) is 5.92 Å². The van der Waals surface area contributed by atoms with E-state index in [0.717, 1.165) is 37.0 Å². The summed E-state index contributed by atoms with van der Waals surface area (Å²) in [4.78, 5) is 0. The van der Waals surface area contributed by atoms with Gasteiger partial charge in [-0.3, -0.25) is 0 Å².